The normalized spacial score (nSPS) is 12.7. The van der Waals surface area contributed by atoms with Gasteiger partial charge in [-0.15, -0.1) is 0 Å². The first-order valence-corrected chi connectivity index (χ1v) is 15.3. The van der Waals surface area contributed by atoms with Gasteiger partial charge in [0.1, 0.15) is 0 Å². The second kappa shape index (κ2) is 18.2. The zero-order chi connectivity index (χ0) is 17.9. The summed E-state index contributed by atoms with van der Waals surface area (Å²) < 4.78 is 0. The second-order valence-electron chi connectivity index (χ2n) is 9.32. The standard InChI is InChI=1S/C23H51P/c1-5-6-7-8-9-10-11-12-13-14-15-16-17-18-19-20-21-22-23-24(2,3)4/h24H,5-23H2,1-4H3. The molecule has 0 aliphatic carbocycles. The van der Waals surface area contributed by atoms with Crippen LogP contribution < -0.4 is 0 Å². The molecule has 0 saturated heterocycles. The molecule has 0 rings (SSSR count). The molecule has 0 nitrogen and oxygen atoms in total. The molecule has 0 aromatic heterocycles. The van der Waals surface area contributed by atoms with Crippen LogP contribution in [-0.4, -0.2) is 26.2 Å². The molecule has 0 atom stereocenters. The van der Waals surface area contributed by atoms with Crippen LogP contribution in [-0.2, 0) is 0 Å². The molecule has 1 heteroatoms. The zero-order valence-electron chi connectivity index (χ0n) is 17.9. The van der Waals surface area contributed by atoms with Crippen LogP contribution in [0.4, 0.5) is 0 Å². The Morgan fingerprint density at radius 2 is 0.625 bits per heavy atom. The average molecular weight is 359 g/mol. The van der Waals surface area contributed by atoms with Crippen molar-refractivity contribution >= 4 is 7.26 Å². The Kier molecular flexibility index (Phi) is 18.6. The maximum absolute atomic E-state index is 2.50. The fourth-order valence-corrected chi connectivity index (χ4v) is 4.87. The molecule has 0 aromatic rings. The maximum atomic E-state index is 2.50. The molecule has 24 heavy (non-hydrogen) atoms. The van der Waals surface area contributed by atoms with E-state index in [0.717, 1.165) is 0 Å². The Labute approximate surface area is 156 Å². The Morgan fingerprint density at radius 1 is 0.375 bits per heavy atom. The fraction of sp³-hybridized carbons (Fsp3) is 1.00. The number of unbranched alkanes of at least 4 members (excludes halogenated alkanes) is 17. The molecular weight excluding hydrogens is 307 g/mol. The van der Waals surface area contributed by atoms with Gasteiger partial charge in [0.2, 0.25) is 0 Å². The molecule has 148 valence electrons. The van der Waals surface area contributed by atoms with Crippen LogP contribution in [0, 0.1) is 0 Å². The van der Waals surface area contributed by atoms with Gasteiger partial charge in [0, 0.05) is 0 Å². The summed E-state index contributed by atoms with van der Waals surface area (Å²) in [5.74, 6) is 0. The first kappa shape index (κ1) is 24.4. The molecule has 0 aromatic carbocycles. The number of rotatable bonds is 19. The van der Waals surface area contributed by atoms with E-state index in [-0.39, 0.29) is 0 Å². The second-order valence-corrected chi connectivity index (χ2v) is 14.9. The summed E-state index contributed by atoms with van der Waals surface area (Å²) in [6.07, 6.45) is 28.2. The molecule has 0 N–H and O–H groups in total. The van der Waals surface area contributed by atoms with E-state index in [1.54, 1.807) is 0 Å². The van der Waals surface area contributed by atoms with Crippen molar-refractivity contribution in [2.75, 3.05) is 26.2 Å². The quantitative estimate of drug-likeness (QED) is 0.160. The molecule has 0 fully saturated rings. The van der Waals surface area contributed by atoms with Crippen molar-refractivity contribution in [2.45, 2.75) is 122 Å². The Morgan fingerprint density at radius 3 is 0.875 bits per heavy atom. The van der Waals surface area contributed by atoms with E-state index < -0.39 is 7.26 Å². The van der Waals surface area contributed by atoms with Gasteiger partial charge in [-0.25, -0.2) is 0 Å². The van der Waals surface area contributed by atoms with E-state index in [0.29, 0.717) is 0 Å². The molecule has 0 aliphatic rings. The first-order chi connectivity index (χ1) is 11.6. The molecule has 0 spiro atoms. The predicted octanol–water partition coefficient (Wildman–Crippen LogP) is 8.67. The third kappa shape index (κ3) is 22.4. The van der Waals surface area contributed by atoms with Crippen molar-refractivity contribution in [3.05, 3.63) is 0 Å². The van der Waals surface area contributed by atoms with E-state index >= 15 is 0 Å². The van der Waals surface area contributed by atoms with Crippen molar-refractivity contribution in [3.8, 4) is 0 Å². The molecule has 0 aliphatic heterocycles. The summed E-state index contributed by atoms with van der Waals surface area (Å²) in [6, 6.07) is 0. The van der Waals surface area contributed by atoms with Crippen LogP contribution in [0.3, 0.4) is 0 Å². The van der Waals surface area contributed by atoms with Crippen molar-refractivity contribution in [1.29, 1.82) is 0 Å². The molecule has 0 radical (unpaired) electrons. The summed E-state index contributed by atoms with van der Waals surface area (Å²) in [7, 11) is -0.768. The summed E-state index contributed by atoms with van der Waals surface area (Å²) in [5.41, 5.74) is 0. The van der Waals surface area contributed by atoms with Gasteiger partial charge >= 0.3 is 104 Å². The minimum absolute atomic E-state index is 0.768. The summed E-state index contributed by atoms with van der Waals surface area (Å²) in [4.78, 5) is 0. The van der Waals surface area contributed by atoms with Gasteiger partial charge in [-0.2, -0.15) is 0 Å². The van der Waals surface area contributed by atoms with E-state index in [2.05, 4.69) is 26.9 Å². The van der Waals surface area contributed by atoms with Crippen molar-refractivity contribution in [1.82, 2.24) is 0 Å². The molecule has 0 amide bonds. The molecule has 0 heterocycles. The van der Waals surface area contributed by atoms with E-state index in [1.807, 2.05) is 0 Å². The average Bonchev–Trinajstić information content (AvgIpc) is 2.52. The van der Waals surface area contributed by atoms with Crippen LogP contribution in [0.1, 0.15) is 122 Å². The van der Waals surface area contributed by atoms with Gasteiger partial charge < -0.3 is 0 Å². The van der Waals surface area contributed by atoms with E-state index in [9.17, 15) is 0 Å². The minimum atomic E-state index is -0.768. The summed E-state index contributed by atoms with van der Waals surface area (Å²) in [5, 5.41) is 0. The van der Waals surface area contributed by atoms with Crippen LogP contribution in [0.2, 0.25) is 0 Å². The van der Waals surface area contributed by atoms with Gasteiger partial charge in [0.15, 0.2) is 0 Å². The molecule has 0 saturated carbocycles. The van der Waals surface area contributed by atoms with Crippen LogP contribution in [0.15, 0.2) is 0 Å². The SMILES string of the molecule is CCCCCCCCCCCCCCCCCCCC[PH](C)(C)C. The van der Waals surface area contributed by atoms with Crippen molar-refractivity contribution < 1.29 is 0 Å². The zero-order valence-corrected chi connectivity index (χ0v) is 18.9. The topological polar surface area (TPSA) is 0 Å². The van der Waals surface area contributed by atoms with Crippen molar-refractivity contribution in [2.24, 2.45) is 0 Å². The summed E-state index contributed by atoms with van der Waals surface area (Å²) >= 11 is 0. The van der Waals surface area contributed by atoms with Crippen molar-refractivity contribution in [3.63, 3.8) is 0 Å². The van der Waals surface area contributed by atoms with Gasteiger partial charge in [-0.3, -0.25) is 0 Å². The first-order valence-electron chi connectivity index (χ1n) is 11.6. The van der Waals surface area contributed by atoms with Crippen LogP contribution >= 0.6 is 7.26 Å². The Bertz CT molecular complexity index is 229. The monoisotopic (exact) mass is 358 g/mol. The summed E-state index contributed by atoms with van der Waals surface area (Å²) in [6.45, 7) is 9.80. The Hall–Kier alpha value is 0.430. The molecule has 0 bridgehead atoms. The van der Waals surface area contributed by atoms with Gasteiger partial charge in [-0.05, 0) is 0 Å². The predicted molar refractivity (Wildman–Crippen MR) is 120 cm³/mol. The third-order valence-electron chi connectivity index (χ3n) is 5.28. The van der Waals surface area contributed by atoms with E-state index in [1.165, 1.54) is 122 Å². The van der Waals surface area contributed by atoms with Crippen LogP contribution in [0.5, 0.6) is 0 Å². The Balaban J connectivity index is 3.00. The van der Waals surface area contributed by atoms with Gasteiger partial charge in [0.05, 0.1) is 0 Å². The third-order valence-corrected chi connectivity index (χ3v) is 7.13. The van der Waals surface area contributed by atoms with Gasteiger partial charge in [-0.1, -0.05) is 51.9 Å². The molecule has 0 unspecified atom stereocenters. The molecular formula is C23H51P. The number of hydrogen-bond donors (Lipinski definition) is 0. The van der Waals surface area contributed by atoms with Crippen LogP contribution in [0.25, 0.3) is 0 Å². The number of hydrogen-bond acceptors (Lipinski definition) is 0. The fourth-order valence-electron chi connectivity index (χ4n) is 3.56. The van der Waals surface area contributed by atoms with E-state index in [4.69, 9.17) is 0 Å². The van der Waals surface area contributed by atoms with Gasteiger partial charge in [0.25, 0.3) is 0 Å².